The number of piperidine rings is 1. The molecule has 0 aliphatic carbocycles. The first-order valence-electron chi connectivity index (χ1n) is 11.7. The Hall–Kier alpha value is -1.77. The molecule has 9 heteroatoms. The lowest BCUT2D eigenvalue weighted by Crippen LogP contribution is -2.51. The third kappa shape index (κ3) is 4.82. The number of amides is 2. The van der Waals surface area contributed by atoms with Crippen molar-refractivity contribution in [1.29, 1.82) is 0 Å². The molecule has 34 heavy (non-hydrogen) atoms. The molecule has 0 radical (unpaired) electrons. The highest BCUT2D eigenvalue weighted by Crippen LogP contribution is 2.40. The lowest BCUT2D eigenvalue weighted by atomic mass is 10.0. The van der Waals surface area contributed by atoms with Gasteiger partial charge in [0.2, 0.25) is 11.8 Å². The van der Waals surface area contributed by atoms with Gasteiger partial charge in [-0.05, 0) is 41.7 Å². The van der Waals surface area contributed by atoms with Crippen LogP contribution in [-0.4, -0.2) is 53.8 Å². The number of imide groups is 1. The van der Waals surface area contributed by atoms with Crippen molar-refractivity contribution >= 4 is 53.3 Å². The van der Waals surface area contributed by atoms with E-state index in [1.807, 2.05) is 18.2 Å². The summed E-state index contributed by atoms with van der Waals surface area (Å²) in [5.41, 5.74) is 4.61. The van der Waals surface area contributed by atoms with Crippen LogP contribution in [0.4, 0.5) is 5.69 Å². The maximum Gasteiger partial charge on any atom is 0.243 e. The molecule has 5 rings (SSSR count). The molecular weight excluding hydrogens is 491 g/mol. The number of carbonyl (C=O) groups is 2. The number of fused-ring (bicyclic) bond motifs is 1. The number of hydrogen-bond acceptors (Lipinski definition) is 6. The van der Waals surface area contributed by atoms with E-state index in [9.17, 15) is 9.59 Å². The van der Waals surface area contributed by atoms with Gasteiger partial charge < -0.3 is 4.90 Å². The topological polar surface area (TPSA) is 55.9 Å². The Morgan fingerprint density at radius 1 is 1.06 bits per heavy atom. The van der Waals surface area contributed by atoms with Crippen LogP contribution in [0.1, 0.15) is 41.3 Å². The maximum absolute atomic E-state index is 12.4. The van der Waals surface area contributed by atoms with Crippen LogP contribution in [0.25, 0.3) is 0 Å². The number of anilines is 1. The number of halogens is 2. The molecule has 0 saturated carbocycles. The van der Waals surface area contributed by atoms with Crippen molar-refractivity contribution in [1.82, 2.24) is 15.1 Å². The summed E-state index contributed by atoms with van der Waals surface area (Å²) in [6.45, 7) is 5.33. The van der Waals surface area contributed by atoms with E-state index >= 15 is 0 Å². The number of nitrogens with one attached hydrogen (secondary N) is 1. The Balaban J connectivity index is 1.24. The second-order valence-corrected chi connectivity index (χ2v) is 10.5. The number of hydrogen-bond donors (Lipinski definition) is 2. The molecule has 0 spiro atoms. The smallest absolute Gasteiger partial charge is 0.243 e. The third-order valence-electron chi connectivity index (χ3n) is 7.03. The van der Waals surface area contributed by atoms with E-state index in [1.54, 1.807) is 0 Å². The lowest BCUT2D eigenvalue weighted by molar-refractivity contribution is -0.137. The van der Waals surface area contributed by atoms with Crippen molar-refractivity contribution in [3.05, 3.63) is 63.1 Å². The molecule has 3 aliphatic heterocycles. The minimum absolute atomic E-state index is 0.150. The van der Waals surface area contributed by atoms with Gasteiger partial charge in [-0.2, -0.15) is 12.6 Å². The number of thiol groups is 1. The molecule has 0 aromatic heterocycles. The molecule has 2 aromatic rings. The lowest BCUT2D eigenvalue weighted by Gasteiger charge is -2.32. The van der Waals surface area contributed by atoms with Crippen LogP contribution < -0.4 is 10.2 Å². The van der Waals surface area contributed by atoms with Crippen LogP contribution in [0, 0.1) is 0 Å². The maximum atomic E-state index is 12.4. The zero-order chi connectivity index (χ0) is 23.8. The van der Waals surface area contributed by atoms with E-state index in [0.717, 1.165) is 50.4 Å². The highest BCUT2D eigenvalue weighted by Gasteiger charge is 2.39. The summed E-state index contributed by atoms with van der Waals surface area (Å²) >= 11 is 17.5. The van der Waals surface area contributed by atoms with E-state index in [4.69, 9.17) is 35.8 Å². The summed E-state index contributed by atoms with van der Waals surface area (Å²) in [6, 6.07) is 12.1. The van der Waals surface area contributed by atoms with E-state index in [-0.39, 0.29) is 23.2 Å². The van der Waals surface area contributed by atoms with Crippen LogP contribution in [0.2, 0.25) is 10.0 Å². The second kappa shape index (κ2) is 10.1. The highest BCUT2D eigenvalue weighted by molar-refractivity contribution is 7.80. The normalized spacial score (nSPS) is 24.1. The Bertz CT molecular complexity index is 1110. The fourth-order valence-corrected chi connectivity index (χ4v) is 6.13. The van der Waals surface area contributed by atoms with Gasteiger partial charge in [-0.15, -0.1) is 0 Å². The predicted octanol–water partition coefficient (Wildman–Crippen LogP) is 4.25. The van der Waals surface area contributed by atoms with E-state index in [1.165, 1.54) is 11.1 Å². The number of rotatable bonds is 4. The largest absolute Gasteiger partial charge is 0.369 e. The average molecular weight is 519 g/mol. The van der Waals surface area contributed by atoms with Crippen molar-refractivity contribution < 1.29 is 9.59 Å². The second-order valence-electron chi connectivity index (χ2n) is 9.24. The molecule has 3 heterocycles. The zero-order valence-corrected chi connectivity index (χ0v) is 21.3. The van der Waals surface area contributed by atoms with Gasteiger partial charge in [0.05, 0.1) is 27.1 Å². The molecule has 2 amide bonds. The van der Waals surface area contributed by atoms with Crippen LogP contribution in [0.15, 0.2) is 36.4 Å². The summed E-state index contributed by atoms with van der Waals surface area (Å²) in [4.78, 5) is 30.8. The van der Waals surface area contributed by atoms with Crippen molar-refractivity contribution in [2.75, 3.05) is 31.1 Å². The fourth-order valence-electron chi connectivity index (χ4n) is 5.23. The molecule has 3 aliphatic rings. The van der Waals surface area contributed by atoms with Gasteiger partial charge in [-0.1, -0.05) is 47.5 Å². The zero-order valence-electron chi connectivity index (χ0n) is 18.8. The minimum atomic E-state index is -0.314. The molecule has 0 bridgehead atoms. The predicted molar refractivity (Wildman–Crippen MR) is 138 cm³/mol. The van der Waals surface area contributed by atoms with Gasteiger partial charge in [-0.3, -0.25) is 24.7 Å². The van der Waals surface area contributed by atoms with Gasteiger partial charge in [0.15, 0.2) is 0 Å². The first kappa shape index (κ1) is 23.9. The molecule has 6 nitrogen and oxygen atoms in total. The van der Waals surface area contributed by atoms with Crippen molar-refractivity contribution in [2.45, 2.75) is 43.8 Å². The molecule has 2 fully saturated rings. The Morgan fingerprint density at radius 2 is 1.91 bits per heavy atom. The Morgan fingerprint density at radius 3 is 2.74 bits per heavy atom. The standard InChI is InChI=1S/C25H28Cl2N4O2S/c26-19-3-1-4-20(23(19)27)30-10-2-9-29(11-12-30)14-16-5-6-17-15-31(25(34)18(17)13-16)21-7-8-22(32)28-24(21)33/h1,3-6,13,21,25,34H,2,7-12,14-15H2,(H,28,32,33). The molecule has 2 unspecified atom stereocenters. The molecule has 1 N–H and O–H groups in total. The average Bonchev–Trinajstić information content (AvgIpc) is 2.97. The van der Waals surface area contributed by atoms with Gasteiger partial charge in [0.1, 0.15) is 0 Å². The van der Waals surface area contributed by atoms with Crippen molar-refractivity contribution in [3.8, 4) is 0 Å². The summed E-state index contributed by atoms with van der Waals surface area (Å²) in [5, 5.41) is 3.53. The monoisotopic (exact) mass is 518 g/mol. The molecule has 2 saturated heterocycles. The summed E-state index contributed by atoms with van der Waals surface area (Å²) in [7, 11) is 0. The summed E-state index contributed by atoms with van der Waals surface area (Å²) < 4.78 is 0. The molecular formula is C25H28Cl2N4O2S. The minimum Gasteiger partial charge on any atom is -0.369 e. The van der Waals surface area contributed by atoms with Crippen LogP contribution in [0.3, 0.4) is 0 Å². The third-order valence-corrected chi connectivity index (χ3v) is 8.42. The first-order valence-corrected chi connectivity index (χ1v) is 13.0. The Kier molecular flexibility index (Phi) is 7.09. The molecule has 2 atom stereocenters. The number of carbonyl (C=O) groups excluding carboxylic acids is 2. The summed E-state index contributed by atoms with van der Waals surface area (Å²) in [5.74, 6) is -0.401. The van der Waals surface area contributed by atoms with Crippen molar-refractivity contribution in [3.63, 3.8) is 0 Å². The quantitative estimate of drug-likeness (QED) is 0.467. The van der Waals surface area contributed by atoms with Gasteiger partial charge in [0, 0.05) is 45.7 Å². The SMILES string of the molecule is O=C1CCC(N2Cc3ccc(CN4CCCN(c5cccc(Cl)c5Cl)CC4)cc3C2S)C(=O)N1. The fraction of sp³-hybridized carbons (Fsp3) is 0.440. The molecule has 180 valence electrons. The Labute approximate surface area is 215 Å². The molecule has 2 aromatic carbocycles. The van der Waals surface area contributed by atoms with E-state index in [2.05, 4.69) is 38.2 Å². The van der Waals surface area contributed by atoms with E-state index in [0.29, 0.717) is 29.4 Å². The van der Waals surface area contributed by atoms with Crippen LogP contribution in [-0.2, 0) is 22.7 Å². The van der Waals surface area contributed by atoms with Gasteiger partial charge in [-0.25, -0.2) is 0 Å². The summed E-state index contributed by atoms with van der Waals surface area (Å²) in [6.07, 6.45) is 1.97. The van der Waals surface area contributed by atoms with Gasteiger partial charge >= 0.3 is 0 Å². The van der Waals surface area contributed by atoms with Gasteiger partial charge in [0.25, 0.3) is 0 Å². The van der Waals surface area contributed by atoms with Crippen molar-refractivity contribution in [2.24, 2.45) is 0 Å². The van der Waals surface area contributed by atoms with Crippen LogP contribution in [0.5, 0.6) is 0 Å². The first-order chi connectivity index (χ1) is 16.4. The number of nitrogens with zero attached hydrogens (tertiary/aromatic N) is 3. The van der Waals surface area contributed by atoms with E-state index < -0.39 is 0 Å². The highest BCUT2D eigenvalue weighted by atomic mass is 35.5. The van der Waals surface area contributed by atoms with Crippen LogP contribution >= 0.6 is 35.8 Å². The number of benzene rings is 2.